The number of aliphatic carboxylic acids is 1. The molecule has 1 aromatic rings. The van der Waals surface area contributed by atoms with Gasteiger partial charge in [0.05, 0.1) is 0 Å². The second-order valence-corrected chi connectivity index (χ2v) is 4.22. The number of amides is 1. The van der Waals surface area contributed by atoms with Crippen LogP contribution in [-0.4, -0.2) is 30.2 Å². The minimum atomic E-state index is -1.16. The van der Waals surface area contributed by atoms with E-state index in [1.54, 1.807) is 6.07 Å². The van der Waals surface area contributed by atoms with Gasteiger partial charge in [0.25, 0.3) is 5.91 Å². The normalized spacial score (nSPS) is 10.3. The summed E-state index contributed by atoms with van der Waals surface area (Å²) < 4.78 is 5.28. The highest BCUT2D eigenvalue weighted by Gasteiger charge is 2.05. The van der Waals surface area contributed by atoms with E-state index in [0.717, 1.165) is 5.56 Å². The van der Waals surface area contributed by atoms with Gasteiger partial charge in [0.15, 0.2) is 13.2 Å². The first-order valence-electron chi connectivity index (χ1n) is 5.84. The van der Waals surface area contributed by atoms with Crippen LogP contribution in [0, 0.1) is 0 Å². The molecule has 0 radical (unpaired) electrons. The summed E-state index contributed by atoms with van der Waals surface area (Å²) in [7, 11) is 0. The lowest BCUT2D eigenvalue weighted by molar-refractivity contribution is -0.149. The molecule has 2 N–H and O–H groups in total. The molecule has 6 heteroatoms. The first-order valence-corrected chi connectivity index (χ1v) is 5.84. The number of benzene rings is 1. The molecule has 0 aliphatic carbocycles. The molecule has 0 bridgehead atoms. The summed E-state index contributed by atoms with van der Waals surface area (Å²) in [4.78, 5) is 25.8. The largest absolute Gasteiger partial charge is 0.484 e. The van der Waals surface area contributed by atoms with Crippen molar-refractivity contribution in [1.29, 1.82) is 0 Å². The van der Waals surface area contributed by atoms with Crippen molar-refractivity contribution in [1.82, 2.24) is 5.48 Å². The number of carboxylic acids is 1. The molecule has 1 aromatic carbocycles. The molecule has 0 fully saturated rings. The molecule has 0 aliphatic rings. The summed E-state index contributed by atoms with van der Waals surface area (Å²) >= 11 is 0. The molecule has 1 rings (SSSR count). The van der Waals surface area contributed by atoms with Gasteiger partial charge >= 0.3 is 5.97 Å². The van der Waals surface area contributed by atoms with Crippen molar-refractivity contribution in [3.8, 4) is 5.75 Å². The van der Waals surface area contributed by atoms with Gasteiger partial charge in [-0.1, -0.05) is 26.0 Å². The van der Waals surface area contributed by atoms with Crippen LogP contribution in [0.15, 0.2) is 24.3 Å². The predicted molar refractivity (Wildman–Crippen MR) is 67.8 cm³/mol. The van der Waals surface area contributed by atoms with Crippen molar-refractivity contribution in [3.63, 3.8) is 0 Å². The molecular weight excluding hydrogens is 250 g/mol. The Balaban J connectivity index is 2.37. The van der Waals surface area contributed by atoms with E-state index in [1.165, 1.54) is 0 Å². The number of nitrogens with one attached hydrogen (secondary N) is 1. The van der Waals surface area contributed by atoms with E-state index in [0.29, 0.717) is 11.7 Å². The van der Waals surface area contributed by atoms with Crippen molar-refractivity contribution in [2.45, 2.75) is 19.8 Å². The second-order valence-electron chi connectivity index (χ2n) is 4.22. The molecule has 6 nitrogen and oxygen atoms in total. The number of ether oxygens (including phenoxy) is 1. The van der Waals surface area contributed by atoms with E-state index >= 15 is 0 Å². The lowest BCUT2D eigenvalue weighted by atomic mass is 10.0. The summed E-state index contributed by atoms with van der Waals surface area (Å²) in [6.45, 7) is 3.30. The summed E-state index contributed by atoms with van der Waals surface area (Å²) in [5, 5.41) is 8.31. The number of hydrogen-bond donors (Lipinski definition) is 2. The third-order valence-electron chi connectivity index (χ3n) is 2.28. The molecule has 0 aromatic heterocycles. The predicted octanol–water partition coefficient (Wildman–Crippen LogP) is 1.32. The summed E-state index contributed by atoms with van der Waals surface area (Å²) in [6.07, 6.45) is 0. The average molecular weight is 267 g/mol. The van der Waals surface area contributed by atoms with Gasteiger partial charge in [-0.2, -0.15) is 0 Å². The number of hydroxylamine groups is 1. The van der Waals surface area contributed by atoms with Crippen molar-refractivity contribution in [3.05, 3.63) is 29.8 Å². The highest BCUT2D eigenvalue weighted by molar-refractivity contribution is 5.76. The van der Waals surface area contributed by atoms with Gasteiger partial charge in [0.2, 0.25) is 0 Å². The smallest absolute Gasteiger partial charge is 0.332 e. The Morgan fingerprint density at radius 2 is 2.05 bits per heavy atom. The summed E-state index contributed by atoms with van der Waals surface area (Å²) in [6, 6.07) is 7.43. The highest BCUT2D eigenvalue weighted by Crippen LogP contribution is 2.19. The first-order chi connectivity index (χ1) is 8.99. The Labute approximate surface area is 111 Å². The number of carboxylic acid groups (broad SMARTS) is 1. The first kappa shape index (κ1) is 15.0. The van der Waals surface area contributed by atoms with Crippen molar-refractivity contribution in [2.24, 2.45) is 0 Å². The van der Waals surface area contributed by atoms with Crippen molar-refractivity contribution in [2.75, 3.05) is 13.2 Å². The van der Waals surface area contributed by atoms with E-state index in [2.05, 4.69) is 18.7 Å². The van der Waals surface area contributed by atoms with Crippen LogP contribution < -0.4 is 10.2 Å². The van der Waals surface area contributed by atoms with Crippen LogP contribution in [0.1, 0.15) is 25.3 Å². The monoisotopic (exact) mass is 267 g/mol. The molecular formula is C13H17NO5. The lowest BCUT2D eigenvalue weighted by Gasteiger charge is -2.09. The van der Waals surface area contributed by atoms with E-state index in [1.807, 2.05) is 23.7 Å². The Morgan fingerprint density at radius 3 is 2.68 bits per heavy atom. The number of hydrogen-bond acceptors (Lipinski definition) is 4. The molecule has 0 spiro atoms. The van der Waals surface area contributed by atoms with E-state index in [9.17, 15) is 9.59 Å². The maximum absolute atomic E-state index is 11.3. The Morgan fingerprint density at radius 1 is 1.32 bits per heavy atom. The number of carbonyl (C=O) groups is 2. The lowest BCUT2D eigenvalue weighted by Crippen LogP contribution is -2.30. The van der Waals surface area contributed by atoms with Crippen LogP contribution in [0.5, 0.6) is 5.75 Å². The topological polar surface area (TPSA) is 84.9 Å². The molecule has 0 saturated carbocycles. The maximum Gasteiger partial charge on any atom is 0.332 e. The van der Waals surface area contributed by atoms with Gasteiger partial charge in [0.1, 0.15) is 5.75 Å². The molecule has 1 amide bonds. The zero-order valence-corrected chi connectivity index (χ0v) is 10.9. The van der Waals surface area contributed by atoms with Crippen molar-refractivity contribution < 1.29 is 24.3 Å². The Hall–Kier alpha value is -2.08. The Kier molecular flexibility index (Phi) is 5.81. The van der Waals surface area contributed by atoms with Crippen LogP contribution in [0.25, 0.3) is 0 Å². The quantitative estimate of drug-likeness (QED) is 0.728. The van der Waals surface area contributed by atoms with Gasteiger partial charge in [0, 0.05) is 0 Å². The molecule has 0 saturated heterocycles. The standard InChI is InChI=1S/C13H17NO5/c1-9(2)10-4-3-5-11(6-10)18-7-12(15)14-19-8-13(16)17/h3-6,9H,7-8H2,1-2H3,(H,14,15)(H,16,17). The van der Waals surface area contributed by atoms with Crippen LogP contribution in [0.4, 0.5) is 0 Å². The van der Waals surface area contributed by atoms with Crippen molar-refractivity contribution >= 4 is 11.9 Å². The van der Waals surface area contributed by atoms with Gasteiger partial charge < -0.3 is 9.84 Å². The summed E-state index contributed by atoms with van der Waals surface area (Å²) in [5.74, 6) is -0.752. The third kappa shape index (κ3) is 5.87. The highest BCUT2D eigenvalue weighted by atomic mass is 16.7. The fourth-order valence-electron chi connectivity index (χ4n) is 1.32. The number of carbonyl (C=O) groups excluding carboxylic acids is 1. The van der Waals surface area contributed by atoms with Crippen LogP contribution in [0.3, 0.4) is 0 Å². The molecule has 0 atom stereocenters. The fourth-order valence-corrected chi connectivity index (χ4v) is 1.32. The molecule has 19 heavy (non-hydrogen) atoms. The molecule has 0 unspecified atom stereocenters. The second kappa shape index (κ2) is 7.38. The van der Waals surface area contributed by atoms with Crippen LogP contribution in [-0.2, 0) is 14.4 Å². The van der Waals surface area contributed by atoms with E-state index in [4.69, 9.17) is 9.84 Å². The minimum Gasteiger partial charge on any atom is -0.484 e. The van der Waals surface area contributed by atoms with E-state index < -0.39 is 18.5 Å². The van der Waals surface area contributed by atoms with Gasteiger partial charge in [-0.05, 0) is 23.6 Å². The van der Waals surface area contributed by atoms with Crippen LogP contribution in [0.2, 0.25) is 0 Å². The van der Waals surface area contributed by atoms with Gasteiger partial charge in [-0.25, -0.2) is 10.3 Å². The summed E-state index contributed by atoms with van der Waals surface area (Å²) in [5.41, 5.74) is 3.09. The Bertz CT molecular complexity index is 444. The molecule has 0 heterocycles. The maximum atomic E-state index is 11.3. The van der Waals surface area contributed by atoms with Crippen LogP contribution >= 0.6 is 0 Å². The van der Waals surface area contributed by atoms with Gasteiger partial charge in [-0.3, -0.25) is 9.63 Å². The van der Waals surface area contributed by atoms with E-state index in [-0.39, 0.29) is 6.61 Å². The SMILES string of the molecule is CC(C)c1cccc(OCC(=O)NOCC(=O)O)c1. The van der Waals surface area contributed by atoms with Gasteiger partial charge in [-0.15, -0.1) is 0 Å². The number of rotatable bonds is 7. The zero-order valence-electron chi connectivity index (χ0n) is 10.9. The molecule has 0 aliphatic heterocycles. The minimum absolute atomic E-state index is 0.235. The fraction of sp³-hybridized carbons (Fsp3) is 0.385. The average Bonchev–Trinajstić information content (AvgIpc) is 2.36. The third-order valence-corrected chi connectivity index (χ3v) is 2.28. The molecule has 104 valence electrons. The zero-order chi connectivity index (χ0) is 14.3.